The minimum Gasteiger partial charge on any atom is -0.495 e. The second kappa shape index (κ2) is 7.36. The molecule has 0 aromatic heterocycles. The SMILES string of the molecule is CO/C(=C1\C(=O)N(C(=O)CBr)c2cc(C(=O)O)cc(C)c21)c1ccccc1. The van der Waals surface area contributed by atoms with E-state index >= 15 is 0 Å². The zero-order chi connectivity index (χ0) is 19.7. The molecule has 0 saturated carbocycles. The number of amides is 2. The lowest BCUT2D eigenvalue weighted by atomic mass is 9.96. The van der Waals surface area contributed by atoms with Gasteiger partial charge in [-0.2, -0.15) is 0 Å². The fraction of sp³-hybridized carbons (Fsp3) is 0.150. The predicted octanol–water partition coefficient (Wildman–Crippen LogP) is 3.48. The number of hydrogen-bond donors (Lipinski definition) is 1. The number of aryl methyl sites for hydroxylation is 1. The van der Waals surface area contributed by atoms with Gasteiger partial charge in [0.2, 0.25) is 5.91 Å². The number of carbonyl (C=O) groups excluding carboxylic acids is 2. The van der Waals surface area contributed by atoms with Crippen LogP contribution in [-0.4, -0.2) is 35.3 Å². The Balaban J connectivity index is 2.37. The standard InChI is InChI=1S/C20H16BrNO5/c1-11-8-13(20(25)26)9-14-16(11)17(19(24)22(14)15(23)10-21)18(27-2)12-6-4-3-5-7-12/h3-9H,10H2,1-2H3,(H,25,26)/b18-17-. The van der Waals surface area contributed by atoms with Crippen LogP contribution in [-0.2, 0) is 14.3 Å². The second-order valence-corrected chi connectivity index (χ2v) is 6.50. The lowest BCUT2D eigenvalue weighted by Gasteiger charge is -2.14. The molecule has 0 atom stereocenters. The quantitative estimate of drug-likeness (QED) is 0.456. The van der Waals surface area contributed by atoms with Gasteiger partial charge < -0.3 is 9.84 Å². The number of ether oxygens (including phenoxy) is 1. The maximum Gasteiger partial charge on any atom is 0.335 e. The summed E-state index contributed by atoms with van der Waals surface area (Å²) in [6.07, 6.45) is 0. The number of fused-ring (bicyclic) bond motifs is 1. The summed E-state index contributed by atoms with van der Waals surface area (Å²) in [5, 5.41) is 9.28. The van der Waals surface area contributed by atoms with Gasteiger partial charge in [-0.25, -0.2) is 9.69 Å². The Morgan fingerprint density at radius 1 is 1.15 bits per heavy atom. The molecule has 1 heterocycles. The first kappa shape index (κ1) is 18.8. The number of imide groups is 1. The normalized spacial score (nSPS) is 14.8. The van der Waals surface area contributed by atoms with Crippen LogP contribution in [0.5, 0.6) is 0 Å². The molecular formula is C20H16BrNO5. The first-order valence-corrected chi connectivity index (χ1v) is 9.18. The number of carboxylic acids is 1. The van der Waals surface area contributed by atoms with Crippen molar-refractivity contribution in [3.8, 4) is 0 Å². The molecule has 0 aliphatic carbocycles. The Bertz CT molecular complexity index is 981. The van der Waals surface area contributed by atoms with E-state index in [1.807, 2.05) is 18.2 Å². The largest absolute Gasteiger partial charge is 0.495 e. The Kier molecular flexibility index (Phi) is 5.14. The monoisotopic (exact) mass is 429 g/mol. The third-order valence-corrected chi connectivity index (χ3v) is 4.78. The summed E-state index contributed by atoms with van der Waals surface area (Å²) in [6, 6.07) is 11.9. The van der Waals surface area contributed by atoms with Gasteiger partial charge in [-0.15, -0.1) is 0 Å². The van der Waals surface area contributed by atoms with Crippen LogP contribution in [0.3, 0.4) is 0 Å². The van der Waals surface area contributed by atoms with Crippen LogP contribution in [0.4, 0.5) is 5.69 Å². The predicted molar refractivity (Wildman–Crippen MR) is 105 cm³/mol. The van der Waals surface area contributed by atoms with Gasteiger partial charge in [-0.1, -0.05) is 46.3 Å². The van der Waals surface area contributed by atoms with Crippen molar-refractivity contribution in [1.29, 1.82) is 0 Å². The van der Waals surface area contributed by atoms with Crippen molar-refractivity contribution in [2.24, 2.45) is 0 Å². The molecule has 2 aromatic rings. The fourth-order valence-corrected chi connectivity index (χ4v) is 3.44. The maximum atomic E-state index is 13.2. The van der Waals surface area contributed by atoms with E-state index < -0.39 is 17.8 Å². The van der Waals surface area contributed by atoms with Gasteiger partial charge in [0, 0.05) is 11.1 Å². The van der Waals surface area contributed by atoms with Gasteiger partial charge >= 0.3 is 5.97 Å². The van der Waals surface area contributed by atoms with E-state index in [2.05, 4.69) is 15.9 Å². The van der Waals surface area contributed by atoms with E-state index in [-0.39, 0.29) is 22.2 Å². The van der Waals surface area contributed by atoms with Crippen molar-refractivity contribution in [2.75, 3.05) is 17.3 Å². The maximum absolute atomic E-state index is 13.2. The van der Waals surface area contributed by atoms with Crippen LogP contribution >= 0.6 is 15.9 Å². The summed E-state index contributed by atoms with van der Waals surface area (Å²) in [4.78, 5) is 38.0. The van der Waals surface area contributed by atoms with Gasteiger partial charge in [-0.05, 0) is 24.6 Å². The van der Waals surface area contributed by atoms with Gasteiger partial charge in [0.1, 0.15) is 5.76 Å². The molecule has 7 heteroatoms. The highest BCUT2D eigenvalue weighted by atomic mass is 79.9. The molecule has 0 unspecified atom stereocenters. The molecule has 1 N–H and O–H groups in total. The topological polar surface area (TPSA) is 83.9 Å². The minimum atomic E-state index is -1.13. The first-order chi connectivity index (χ1) is 12.9. The molecule has 3 rings (SSSR count). The molecule has 0 spiro atoms. The fourth-order valence-electron chi connectivity index (χ4n) is 3.19. The number of methoxy groups -OCH3 is 1. The molecule has 1 aliphatic heterocycles. The summed E-state index contributed by atoms with van der Waals surface area (Å²) in [7, 11) is 1.46. The Morgan fingerprint density at radius 3 is 2.37 bits per heavy atom. The van der Waals surface area contributed by atoms with Crippen molar-refractivity contribution in [2.45, 2.75) is 6.92 Å². The van der Waals surface area contributed by atoms with Gasteiger partial charge in [0.15, 0.2) is 0 Å². The molecule has 138 valence electrons. The number of carbonyl (C=O) groups is 3. The molecule has 27 heavy (non-hydrogen) atoms. The van der Waals surface area contributed by atoms with E-state index in [1.54, 1.807) is 19.1 Å². The number of hydrogen-bond acceptors (Lipinski definition) is 4. The van der Waals surface area contributed by atoms with E-state index in [9.17, 15) is 19.5 Å². The average Bonchev–Trinajstić information content (AvgIpc) is 2.95. The summed E-state index contributed by atoms with van der Waals surface area (Å²) < 4.78 is 5.53. The van der Waals surface area contributed by atoms with Crippen molar-refractivity contribution < 1.29 is 24.2 Å². The van der Waals surface area contributed by atoms with E-state index in [4.69, 9.17) is 4.74 Å². The molecule has 0 radical (unpaired) electrons. The number of nitrogens with zero attached hydrogens (tertiary/aromatic N) is 1. The van der Waals surface area contributed by atoms with Crippen LogP contribution in [0.1, 0.15) is 27.0 Å². The minimum absolute atomic E-state index is 0.00588. The van der Waals surface area contributed by atoms with Gasteiger partial charge in [0.25, 0.3) is 5.91 Å². The molecular weight excluding hydrogens is 414 g/mol. The highest BCUT2D eigenvalue weighted by Crippen LogP contribution is 2.43. The molecule has 0 saturated heterocycles. The van der Waals surface area contributed by atoms with E-state index in [0.717, 1.165) is 4.90 Å². The van der Waals surface area contributed by atoms with Crippen molar-refractivity contribution in [3.05, 3.63) is 64.7 Å². The van der Waals surface area contributed by atoms with E-state index in [0.29, 0.717) is 22.4 Å². The zero-order valence-corrected chi connectivity index (χ0v) is 16.2. The number of halogens is 1. The number of aromatic carboxylic acids is 1. The van der Waals surface area contributed by atoms with Crippen LogP contribution in [0.2, 0.25) is 0 Å². The van der Waals surface area contributed by atoms with Crippen LogP contribution in [0.25, 0.3) is 11.3 Å². The van der Waals surface area contributed by atoms with Crippen molar-refractivity contribution in [1.82, 2.24) is 0 Å². The summed E-state index contributed by atoms with van der Waals surface area (Å²) in [6.45, 7) is 1.71. The number of anilines is 1. The van der Waals surface area contributed by atoms with Crippen molar-refractivity contribution >= 4 is 50.7 Å². The Labute approximate surface area is 164 Å². The zero-order valence-electron chi connectivity index (χ0n) is 14.7. The number of benzene rings is 2. The average molecular weight is 430 g/mol. The molecule has 2 amide bonds. The summed E-state index contributed by atoms with van der Waals surface area (Å²) in [5.41, 5.74) is 2.25. The lowest BCUT2D eigenvalue weighted by molar-refractivity contribution is -0.121. The van der Waals surface area contributed by atoms with Gasteiger partial charge in [-0.3, -0.25) is 9.59 Å². The highest BCUT2D eigenvalue weighted by molar-refractivity contribution is 9.09. The Hall–Kier alpha value is -2.93. The van der Waals surface area contributed by atoms with E-state index in [1.165, 1.54) is 19.2 Å². The number of alkyl halides is 1. The molecule has 6 nitrogen and oxygen atoms in total. The smallest absolute Gasteiger partial charge is 0.335 e. The molecule has 0 fully saturated rings. The van der Waals surface area contributed by atoms with Crippen LogP contribution in [0.15, 0.2) is 42.5 Å². The number of carboxylic acid groups (broad SMARTS) is 1. The highest BCUT2D eigenvalue weighted by Gasteiger charge is 2.40. The van der Waals surface area contributed by atoms with Crippen LogP contribution in [0, 0.1) is 6.92 Å². The molecule has 0 bridgehead atoms. The third kappa shape index (κ3) is 3.14. The Morgan fingerprint density at radius 2 is 1.81 bits per heavy atom. The lowest BCUT2D eigenvalue weighted by Crippen LogP contribution is -2.34. The molecule has 2 aromatic carbocycles. The molecule has 1 aliphatic rings. The van der Waals surface area contributed by atoms with Gasteiger partial charge in [0.05, 0.1) is 29.3 Å². The summed E-state index contributed by atoms with van der Waals surface area (Å²) in [5.74, 6) is -1.83. The van der Waals surface area contributed by atoms with Crippen LogP contribution < -0.4 is 4.90 Å². The second-order valence-electron chi connectivity index (χ2n) is 5.93. The summed E-state index contributed by atoms with van der Waals surface area (Å²) >= 11 is 3.08. The van der Waals surface area contributed by atoms with Crippen molar-refractivity contribution in [3.63, 3.8) is 0 Å². The first-order valence-electron chi connectivity index (χ1n) is 8.06. The number of rotatable bonds is 4. The third-order valence-electron chi connectivity index (χ3n) is 4.30.